The molecule has 0 fully saturated rings. The summed E-state index contributed by atoms with van der Waals surface area (Å²) < 4.78 is 5.30. The largest absolute Gasteiger partial charge is 0.497 e. The topological polar surface area (TPSA) is 94.3 Å². The number of hydrogen-bond acceptors (Lipinski definition) is 7. The van der Waals surface area contributed by atoms with Crippen molar-refractivity contribution >= 4 is 62.0 Å². The van der Waals surface area contributed by atoms with Gasteiger partial charge in [-0.15, -0.1) is 22.7 Å². The minimum Gasteiger partial charge on any atom is -0.497 e. The number of ether oxygens (including phenoxy) is 1. The van der Waals surface area contributed by atoms with Gasteiger partial charge in [-0.1, -0.05) is 18.2 Å². The Balaban J connectivity index is 1.32. The number of nitrogen functional groups attached to an aromatic ring is 1. The highest BCUT2D eigenvalue weighted by molar-refractivity contribution is 7.21. The second-order valence-electron chi connectivity index (χ2n) is 7.87. The summed E-state index contributed by atoms with van der Waals surface area (Å²) in [7, 11) is 1.62. The zero-order chi connectivity index (χ0) is 25.1. The molecular weight excluding hydrogens is 490 g/mol. The highest BCUT2D eigenvalue weighted by Gasteiger charge is 2.18. The fraction of sp³-hybridized carbons (Fsp3) is 0.0357. The molecule has 0 radical (unpaired) electrons. The highest BCUT2D eigenvalue weighted by Crippen LogP contribution is 2.35. The van der Waals surface area contributed by atoms with E-state index in [-0.39, 0.29) is 11.7 Å². The molecule has 0 atom stereocenters. The third kappa shape index (κ3) is 4.91. The molecule has 0 aliphatic rings. The number of carbonyl (C=O) groups excluding carboxylic acids is 2. The summed E-state index contributed by atoms with van der Waals surface area (Å²) in [5.74, 6) is 0.314. The maximum Gasteiger partial charge on any atom is 0.267 e. The Morgan fingerprint density at radius 3 is 2.61 bits per heavy atom. The lowest BCUT2D eigenvalue weighted by atomic mass is 10.1. The number of nitrogens with one attached hydrogen (secondary N) is 1. The SMILES string of the molecule is COc1cccc(-c2ccc3c(N)c(C(=O)Nc4ccc(C(=O)C=Cc5cccs5)cc4)sc3n2)c1. The lowest BCUT2D eigenvalue weighted by molar-refractivity contribution is 0.102. The molecule has 0 saturated heterocycles. The molecule has 3 N–H and O–H groups in total. The Labute approximate surface area is 215 Å². The Hall–Kier alpha value is -4.27. The molecule has 3 aromatic heterocycles. The summed E-state index contributed by atoms with van der Waals surface area (Å²) >= 11 is 2.81. The number of ketones is 1. The van der Waals surface area contributed by atoms with E-state index in [2.05, 4.69) is 5.32 Å². The van der Waals surface area contributed by atoms with Crippen molar-refractivity contribution in [3.8, 4) is 17.0 Å². The van der Waals surface area contributed by atoms with Crippen molar-refractivity contribution in [1.29, 1.82) is 0 Å². The van der Waals surface area contributed by atoms with E-state index in [0.29, 0.717) is 26.6 Å². The Bertz CT molecular complexity index is 1590. The van der Waals surface area contributed by atoms with Crippen molar-refractivity contribution in [2.45, 2.75) is 0 Å². The molecule has 0 spiro atoms. The number of thiophene rings is 2. The average molecular weight is 512 g/mol. The number of methoxy groups -OCH3 is 1. The van der Waals surface area contributed by atoms with E-state index in [1.54, 1.807) is 54.9 Å². The number of nitrogens with two attached hydrogens (primary N) is 1. The predicted octanol–water partition coefficient (Wildman–Crippen LogP) is 6.76. The van der Waals surface area contributed by atoms with Gasteiger partial charge >= 0.3 is 0 Å². The van der Waals surface area contributed by atoms with E-state index in [0.717, 1.165) is 27.3 Å². The molecule has 6 nitrogen and oxygen atoms in total. The van der Waals surface area contributed by atoms with Crippen molar-refractivity contribution in [3.05, 3.63) is 99.6 Å². The molecule has 1 amide bonds. The second kappa shape index (κ2) is 10.2. The summed E-state index contributed by atoms with van der Waals surface area (Å²) in [6.45, 7) is 0. The van der Waals surface area contributed by atoms with Crippen molar-refractivity contribution in [2.75, 3.05) is 18.2 Å². The molecule has 5 aromatic rings. The molecule has 178 valence electrons. The van der Waals surface area contributed by atoms with Gasteiger partial charge in [0.2, 0.25) is 0 Å². The number of hydrogen-bond donors (Lipinski definition) is 2. The van der Waals surface area contributed by atoms with Gasteiger partial charge in [-0.2, -0.15) is 0 Å². The second-order valence-corrected chi connectivity index (χ2v) is 9.85. The normalized spacial score (nSPS) is 11.1. The fourth-order valence-electron chi connectivity index (χ4n) is 3.65. The summed E-state index contributed by atoms with van der Waals surface area (Å²) in [6.07, 6.45) is 3.34. The van der Waals surface area contributed by atoms with Crippen LogP contribution in [0.1, 0.15) is 24.9 Å². The van der Waals surface area contributed by atoms with E-state index in [9.17, 15) is 9.59 Å². The third-order valence-electron chi connectivity index (χ3n) is 5.53. The van der Waals surface area contributed by atoms with Crippen molar-refractivity contribution in [1.82, 2.24) is 4.98 Å². The van der Waals surface area contributed by atoms with Crippen molar-refractivity contribution < 1.29 is 14.3 Å². The number of nitrogens with zero attached hydrogens (tertiary/aromatic N) is 1. The van der Waals surface area contributed by atoms with E-state index >= 15 is 0 Å². The molecule has 0 saturated carbocycles. The van der Waals surface area contributed by atoms with Crippen LogP contribution in [0.2, 0.25) is 0 Å². The first-order valence-electron chi connectivity index (χ1n) is 11.0. The summed E-state index contributed by atoms with van der Waals surface area (Å²) in [6, 6.07) is 22.1. The molecule has 0 aliphatic carbocycles. The smallest absolute Gasteiger partial charge is 0.267 e. The van der Waals surface area contributed by atoms with Gasteiger partial charge in [-0.25, -0.2) is 4.98 Å². The lowest BCUT2D eigenvalue weighted by Gasteiger charge is -2.05. The Kier molecular flexibility index (Phi) is 6.62. The van der Waals surface area contributed by atoms with Gasteiger partial charge in [0, 0.05) is 27.1 Å². The van der Waals surface area contributed by atoms with Crippen LogP contribution >= 0.6 is 22.7 Å². The monoisotopic (exact) mass is 511 g/mol. The number of aromatic nitrogens is 1. The summed E-state index contributed by atoms with van der Waals surface area (Å²) in [4.78, 5) is 32.2. The molecule has 0 bridgehead atoms. The van der Waals surface area contributed by atoms with Crippen LogP contribution in [-0.2, 0) is 0 Å². The van der Waals surface area contributed by atoms with Gasteiger partial charge < -0.3 is 15.8 Å². The Morgan fingerprint density at radius 2 is 1.86 bits per heavy atom. The van der Waals surface area contributed by atoms with Crippen LogP contribution < -0.4 is 15.8 Å². The molecular formula is C28H21N3O3S2. The first-order chi connectivity index (χ1) is 17.5. The van der Waals surface area contributed by atoms with Crippen LogP contribution in [0.5, 0.6) is 5.75 Å². The van der Waals surface area contributed by atoms with Crippen molar-refractivity contribution in [3.63, 3.8) is 0 Å². The van der Waals surface area contributed by atoms with Crippen LogP contribution in [0.25, 0.3) is 27.6 Å². The first-order valence-corrected chi connectivity index (χ1v) is 12.7. The third-order valence-corrected chi connectivity index (χ3v) is 7.49. The number of rotatable bonds is 7. The van der Waals surface area contributed by atoms with Gasteiger partial charge in [-0.05, 0) is 72.1 Å². The molecule has 0 aliphatic heterocycles. The predicted molar refractivity (Wildman–Crippen MR) is 148 cm³/mol. The lowest BCUT2D eigenvalue weighted by Crippen LogP contribution is -2.12. The number of benzene rings is 2. The van der Waals surface area contributed by atoms with Crippen LogP contribution in [0, 0.1) is 0 Å². The number of pyridine rings is 1. The van der Waals surface area contributed by atoms with Crippen LogP contribution in [0.3, 0.4) is 0 Å². The van der Waals surface area contributed by atoms with Gasteiger partial charge in [0.15, 0.2) is 5.78 Å². The Morgan fingerprint density at radius 1 is 1.03 bits per heavy atom. The highest BCUT2D eigenvalue weighted by atomic mass is 32.1. The molecule has 5 rings (SSSR count). The van der Waals surface area contributed by atoms with Gasteiger partial charge in [0.1, 0.15) is 15.5 Å². The average Bonchev–Trinajstić information content (AvgIpc) is 3.55. The number of amides is 1. The van der Waals surface area contributed by atoms with Gasteiger partial charge in [0.05, 0.1) is 18.5 Å². The zero-order valence-electron chi connectivity index (χ0n) is 19.2. The van der Waals surface area contributed by atoms with Crippen LogP contribution in [0.15, 0.2) is 84.3 Å². The van der Waals surface area contributed by atoms with E-state index in [1.165, 1.54) is 11.3 Å². The maximum absolute atomic E-state index is 13.0. The standard InChI is InChI=1S/C28H21N3O3S2/c1-34-20-5-2-4-18(16-20)23-13-12-22-25(29)26(36-28(22)31-23)27(33)30-19-9-7-17(8-10-19)24(32)14-11-21-6-3-15-35-21/h2-16H,29H2,1H3,(H,30,33). The molecule has 2 aromatic carbocycles. The van der Waals surface area contributed by atoms with E-state index in [1.807, 2.05) is 53.9 Å². The fourth-order valence-corrected chi connectivity index (χ4v) is 5.26. The number of carbonyl (C=O) groups is 2. The van der Waals surface area contributed by atoms with Gasteiger partial charge in [0.25, 0.3) is 5.91 Å². The number of anilines is 2. The number of fused-ring (bicyclic) bond motifs is 1. The number of allylic oxidation sites excluding steroid dienone is 1. The quantitative estimate of drug-likeness (QED) is 0.186. The summed E-state index contributed by atoms with van der Waals surface area (Å²) in [5, 5.41) is 5.55. The molecule has 3 heterocycles. The first kappa shape index (κ1) is 23.5. The maximum atomic E-state index is 13.0. The van der Waals surface area contributed by atoms with Crippen LogP contribution in [0.4, 0.5) is 11.4 Å². The zero-order valence-corrected chi connectivity index (χ0v) is 20.9. The molecule has 0 unspecified atom stereocenters. The van der Waals surface area contributed by atoms with Gasteiger partial charge in [-0.3, -0.25) is 9.59 Å². The minimum atomic E-state index is -0.324. The van der Waals surface area contributed by atoms with E-state index < -0.39 is 0 Å². The van der Waals surface area contributed by atoms with Crippen LogP contribution in [-0.4, -0.2) is 23.8 Å². The van der Waals surface area contributed by atoms with E-state index in [4.69, 9.17) is 15.5 Å². The molecule has 36 heavy (non-hydrogen) atoms. The molecule has 8 heteroatoms. The van der Waals surface area contributed by atoms with Crippen molar-refractivity contribution in [2.24, 2.45) is 0 Å². The minimum absolute atomic E-state index is 0.104. The summed E-state index contributed by atoms with van der Waals surface area (Å²) in [5.41, 5.74) is 9.48.